The van der Waals surface area contributed by atoms with Crippen molar-refractivity contribution in [2.24, 2.45) is 4.99 Å². The van der Waals surface area contributed by atoms with E-state index in [4.69, 9.17) is 4.74 Å². The fourth-order valence-electron chi connectivity index (χ4n) is 2.79. The first-order chi connectivity index (χ1) is 14.8. The van der Waals surface area contributed by atoms with Crippen LogP contribution in [0.15, 0.2) is 53.8 Å². The maximum absolute atomic E-state index is 13.8. The topological polar surface area (TPSA) is 78.9 Å². The fraction of sp³-hybridized carbons (Fsp3) is 0.435. The number of nitrogens with one attached hydrogen (secondary N) is 2. The Bertz CT molecular complexity index is 859. The van der Waals surface area contributed by atoms with Gasteiger partial charge in [-0.3, -0.25) is 9.98 Å². The van der Waals surface area contributed by atoms with E-state index in [0.717, 1.165) is 5.56 Å². The second kappa shape index (κ2) is 13.9. The van der Waals surface area contributed by atoms with E-state index >= 15 is 0 Å². The van der Waals surface area contributed by atoms with Gasteiger partial charge in [-0.15, -0.1) is 24.0 Å². The Balaban J connectivity index is 0.00000512. The smallest absolute Gasteiger partial charge is 0.410 e. The molecule has 32 heavy (non-hydrogen) atoms. The van der Waals surface area contributed by atoms with Crippen molar-refractivity contribution in [1.29, 1.82) is 0 Å². The monoisotopic (exact) mass is 557 g/mol. The molecule has 0 aliphatic rings. The van der Waals surface area contributed by atoms with Crippen LogP contribution < -0.4 is 10.6 Å². The summed E-state index contributed by atoms with van der Waals surface area (Å²) in [6.07, 6.45) is 3.76. The first-order valence-electron chi connectivity index (χ1n) is 10.3. The molecule has 0 saturated carbocycles. The molecule has 0 spiro atoms. The second-order valence-corrected chi connectivity index (χ2v) is 8.06. The number of benzene rings is 1. The molecule has 1 heterocycles. The minimum Gasteiger partial charge on any atom is -0.444 e. The molecule has 9 heteroatoms. The number of hydrogen-bond acceptors (Lipinski definition) is 4. The van der Waals surface area contributed by atoms with Gasteiger partial charge < -0.3 is 20.3 Å². The van der Waals surface area contributed by atoms with E-state index < -0.39 is 5.60 Å². The van der Waals surface area contributed by atoms with Gasteiger partial charge in [-0.2, -0.15) is 0 Å². The van der Waals surface area contributed by atoms with E-state index in [2.05, 4.69) is 20.6 Å². The fourth-order valence-corrected chi connectivity index (χ4v) is 2.79. The lowest BCUT2D eigenvalue weighted by molar-refractivity contribution is 0.0232. The first kappa shape index (κ1) is 27.6. The van der Waals surface area contributed by atoms with Crippen LogP contribution >= 0.6 is 24.0 Å². The molecule has 0 aliphatic heterocycles. The quantitative estimate of drug-likeness (QED) is 0.219. The molecule has 1 aromatic carbocycles. The van der Waals surface area contributed by atoms with Crippen LogP contribution in [0.5, 0.6) is 0 Å². The van der Waals surface area contributed by atoms with Crippen LogP contribution in [0.4, 0.5) is 9.18 Å². The predicted molar refractivity (Wildman–Crippen MR) is 136 cm³/mol. The van der Waals surface area contributed by atoms with Crippen molar-refractivity contribution in [3.63, 3.8) is 0 Å². The van der Waals surface area contributed by atoms with Crippen LogP contribution in [-0.2, 0) is 17.8 Å². The number of ether oxygens (including phenoxy) is 1. The Morgan fingerprint density at radius 2 is 1.94 bits per heavy atom. The van der Waals surface area contributed by atoms with Crippen molar-refractivity contribution in [1.82, 2.24) is 20.5 Å². The van der Waals surface area contributed by atoms with Gasteiger partial charge >= 0.3 is 6.09 Å². The molecule has 0 radical (unpaired) electrons. The lowest BCUT2D eigenvalue weighted by Gasteiger charge is -2.27. The number of guanidine groups is 1. The summed E-state index contributed by atoms with van der Waals surface area (Å²) in [4.78, 5) is 22.6. The van der Waals surface area contributed by atoms with Crippen molar-refractivity contribution >= 4 is 36.0 Å². The molecule has 0 aliphatic carbocycles. The summed E-state index contributed by atoms with van der Waals surface area (Å²) in [6.45, 7) is 7.38. The van der Waals surface area contributed by atoms with Gasteiger partial charge in [0.15, 0.2) is 5.96 Å². The third kappa shape index (κ3) is 10.3. The largest absolute Gasteiger partial charge is 0.444 e. The highest BCUT2D eigenvalue weighted by Gasteiger charge is 2.22. The number of amides is 1. The van der Waals surface area contributed by atoms with E-state index in [9.17, 15) is 9.18 Å². The summed E-state index contributed by atoms with van der Waals surface area (Å²) in [7, 11) is 1.66. The number of pyridine rings is 1. The zero-order chi connectivity index (χ0) is 22.7. The summed E-state index contributed by atoms with van der Waals surface area (Å²) in [6, 6.07) is 10.4. The predicted octanol–water partition coefficient (Wildman–Crippen LogP) is 4.33. The van der Waals surface area contributed by atoms with Gasteiger partial charge in [0.25, 0.3) is 0 Å². The molecule has 1 aromatic heterocycles. The molecule has 0 saturated heterocycles. The van der Waals surface area contributed by atoms with Crippen LogP contribution in [-0.4, -0.2) is 47.7 Å². The minimum absolute atomic E-state index is 0. The third-order valence-electron chi connectivity index (χ3n) is 4.27. The summed E-state index contributed by atoms with van der Waals surface area (Å²) in [5.74, 6) is 0.313. The number of hydrogen-bond donors (Lipinski definition) is 2. The minimum atomic E-state index is -0.568. The van der Waals surface area contributed by atoms with Crippen LogP contribution in [0.2, 0.25) is 0 Å². The number of rotatable bonds is 8. The van der Waals surface area contributed by atoms with Gasteiger partial charge in [0.2, 0.25) is 0 Å². The lowest BCUT2D eigenvalue weighted by atomic mass is 10.2. The average molecular weight is 557 g/mol. The average Bonchev–Trinajstić information content (AvgIpc) is 2.73. The summed E-state index contributed by atoms with van der Waals surface area (Å²) in [5, 5.41) is 6.28. The highest BCUT2D eigenvalue weighted by molar-refractivity contribution is 14.0. The van der Waals surface area contributed by atoms with Gasteiger partial charge in [0.05, 0.1) is 6.54 Å². The highest BCUT2D eigenvalue weighted by Crippen LogP contribution is 2.13. The van der Waals surface area contributed by atoms with Gasteiger partial charge in [0, 0.05) is 44.6 Å². The summed E-state index contributed by atoms with van der Waals surface area (Å²) in [5.41, 5.74) is 0.933. The molecule has 2 N–H and O–H groups in total. The first-order valence-corrected chi connectivity index (χ1v) is 10.3. The van der Waals surface area contributed by atoms with E-state index in [0.29, 0.717) is 44.1 Å². The van der Waals surface area contributed by atoms with Gasteiger partial charge in [0.1, 0.15) is 11.4 Å². The molecule has 0 unspecified atom stereocenters. The van der Waals surface area contributed by atoms with Crippen molar-refractivity contribution in [2.45, 2.75) is 45.9 Å². The van der Waals surface area contributed by atoms with Crippen LogP contribution in [0.1, 0.15) is 38.3 Å². The Morgan fingerprint density at radius 3 is 2.56 bits per heavy atom. The van der Waals surface area contributed by atoms with E-state index in [1.54, 1.807) is 42.5 Å². The number of nitrogens with zero attached hydrogens (tertiary/aromatic N) is 3. The molecular weight excluding hydrogens is 524 g/mol. The molecule has 0 bridgehead atoms. The zero-order valence-electron chi connectivity index (χ0n) is 19.1. The number of carbonyl (C=O) groups excluding carboxylic acids is 1. The SMILES string of the molecule is CN=C(NCCCN(Cc1cccnc1)C(=O)OC(C)(C)C)NCc1ccccc1F.I. The van der Waals surface area contributed by atoms with Crippen molar-refractivity contribution < 1.29 is 13.9 Å². The zero-order valence-corrected chi connectivity index (χ0v) is 21.4. The summed E-state index contributed by atoms with van der Waals surface area (Å²) >= 11 is 0. The van der Waals surface area contributed by atoms with E-state index in [1.807, 2.05) is 32.9 Å². The Kier molecular flexibility index (Phi) is 12.0. The van der Waals surface area contributed by atoms with Crippen LogP contribution in [0.25, 0.3) is 0 Å². The molecule has 2 aromatic rings. The molecule has 0 atom stereocenters. The molecule has 0 fully saturated rings. The molecule has 7 nitrogen and oxygen atoms in total. The van der Waals surface area contributed by atoms with Gasteiger partial charge in [-0.25, -0.2) is 9.18 Å². The third-order valence-corrected chi connectivity index (χ3v) is 4.27. The van der Waals surface area contributed by atoms with Crippen molar-refractivity contribution in [2.75, 3.05) is 20.1 Å². The molecular formula is C23H33FIN5O2. The normalized spacial score (nSPS) is 11.3. The molecule has 2 rings (SSSR count). The highest BCUT2D eigenvalue weighted by atomic mass is 127. The number of carbonyl (C=O) groups is 1. The van der Waals surface area contributed by atoms with E-state index in [1.165, 1.54) is 6.07 Å². The lowest BCUT2D eigenvalue weighted by Crippen LogP contribution is -2.40. The number of aromatic nitrogens is 1. The Labute approximate surface area is 206 Å². The van der Waals surface area contributed by atoms with E-state index in [-0.39, 0.29) is 35.9 Å². The van der Waals surface area contributed by atoms with Gasteiger partial charge in [-0.05, 0) is 44.9 Å². The van der Waals surface area contributed by atoms with Gasteiger partial charge in [-0.1, -0.05) is 24.3 Å². The summed E-state index contributed by atoms with van der Waals surface area (Å²) < 4.78 is 19.3. The van der Waals surface area contributed by atoms with Crippen molar-refractivity contribution in [3.05, 3.63) is 65.7 Å². The van der Waals surface area contributed by atoms with Crippen LogP contribution in [0, 0.1) is 5.82 Å². The Hall–Kier alpha value is -2.43. The Morgan fingerprint density at radius 1 is 1.19 bits per heavy atom. The molecule has 1 amide bonds. The number of aliphatic imine (C=N–C) groups is 1. The van der Waals surface area contributed by atoms with Crippen molar-refractivity contribution in [3.8, 4) is 0 Å². The maximum atomic E-state index is 13.8. The second-order valence-electron chi connectivity index (χ2n) is 8.06. The van der Waals surface area contributed by atoms with Crippen LogP contribution in [0.3, 0.4) is 0 Å². The maximum Gasteiger partial charge on any atom is 0.410 e. The number of halogens is 2. The molecule has 176 valence electrons. The standard InChI is InChI=1S/C23H32FN5O2.HI/c1-23(2,3)31-22(30)29(17-18-9-7-12-26-15-18)14-8-13-27-21(25-4)28-16-19-10-5-6-11-20(19)24;/h5-7,9-12,15H,8,13-14,16-17H2,1-4H3,(H2,25,27,28);1H.